The van der Waals surface area contributed by atoms with E-state index in [1.165, 1.54) is 18.6 Å². The first-order chi connectivity index (χ1) is 5.52. The smallest absolute Gasteiger partial charge is 0.0443 e. The second-order valence-electron chi connectivity index (χ2n) is 5.07. The molecule has 2 aliphatic rings. The van der Waals surface area contributed by atoms with E-state index in [-0.39, 0.29) is 0 Å². The third-order valence-electron chi connectivity index (χ3n) is 4.67. The van der Waals surface area contributed by atoms with E-state index < -0.39 is 0 Å². The molecule has 0 aromatic rings. The van der Waals surface area contributed by atoms with Crippen molar-refractivity contribution < 1.29 is 0 Å². The van der Waals surface area contributed by atoms with Crippen molar-refractivity contribution in [2.24, 2.45) is 27.7 Å². The van der Waals surface area contributed by atoms with E-state index in [9.17, 15) is 0 Å². The first-order valence-electron chi connectivity index (χ1n) is 4.79. The number of hydrazone groups is 1. The molecule has 0 radical (unpaired) electrons. The van der Waals surface area contributed by atoms with Gasteiger partial charge in [0, 0.05) is 11.1 Å². The first-order valence-corrected chi connectivity index (χ1v) is 4.79. The van der Waals surface area contributed by atoms with Gasteiger partial charge in [0.15, 0.2) is 0 Å². The Morgan fingerprint density at radius 1 is 1.42 bits per heavy atom. The average Bonchev–Trinajstić information content (AvgIpc) is 2.34. The van der Waals surface area contributed by atoms with Gasteiger partial charge in [-0.15, -0.1) is 0 Å². The molecule has 0 aromatic carbocycles. The van der Waals surface area contributed by atoms with Crippen LogP contribution in [0.4, 0.5) is 0 Å². The summed E-state index contributed by atoms with van der Waals surface area (Å²) in [6.45, 7) is 7.05. The van der Waals surface area contributed by atoms with Crippen molar-refractivity contribution in [1.29, 1.82) is 0 Å². The molecule has 12 heavy (non-hydrogen) atoms. The van der Waals surface area contributed by atoms with E-state index in [4.69, 9.17) is 5.84 Å². The van der Waals surface area contributed by atoms with Gasteiger partial charge in [-0.05, 0) is 30.6 Å². The van der Waals surface area contributed by atoms with Crippen LogP contribution in [0.5, 0.6) is 0 Å². The molecule has 2 saturated carbocycles. The Kier molecular flexibility index (Phi) is 1.37. The molecule has 2 atom stereocenters. The molecule has 68 valence electrons. The molecule has 2 rings (SSSR count). The van der Waals surface area contributed by atoms with Gasteiger partial charge in [0.05, 0.1) is 0 Å². The fourth-order valence-electron chi connectivity index (χ4n) is 3.12. The maximum Gasteiger partial charge on any atom is 0.0443 e. The van der Waals surface area contributed by atoms with Gasteiger partial charge in [-0.25, -0.2) is 0 Å². The van der Waals surface area contributed by atoms with Gasteiger partial charge in [0.2, 0.25) is 0 Å². The normalized spacial score (nSPS) is 47.2. The maximum absolute atomic E-state index is 5.41. The van der Waals surface area contributed by atoms with E-state index in [1.54, 1.807) is 0 Å². The van der Waals surface area contributed by atoms with Gasteiger partial charge in [-0.2, -0.15) is 5.10 Å². The zero-order chi connectivity index (χ0) is 8.98. The van der Waals surface area contributed by atoms with Gasteiger partial charge >= 0.3 is 0 Å². The largest absolute Gasteiger partial charge is 0.323 e. The van der Waals surface area contributed by atoms with Crippen molar-refractivity contribution in [3.05, 3.63) is 0 Å². The second-order valence-corrected chi connectivity index (χ2v) is 5.07. The van der Waals surface area contributed by atoms with E-state index >= 15 is 0 Å². The highest BCUT2D eigenvalue weighted by molar-refractivity contribution is 5.94. The van der Waals surface area contributed by atoms with Gasteiger partial charge in [-0.1, -0.05) is 20.8 Å². The van der Waals surface area contributed by atoms with Crippen LogP contribution in [0.15, 0.2) is 5.10 Å². The molecule has 0 aliphatic heterocycles. The minimum Gasteiger partial charge on any atom is -0.323 e. The summed E-state index contributed by atoms with van der Waals surface area (Å²) in [7, 11) is 0. The lowest BCUT2D eigenvalue weighted by atomic mass is 9.70. The molecular weight excluding hydrogens is 148 g/mol. The Labute approximate surface area is 74.2 Å². The van der Waals surface area contributed by atoms with Gasteiger partial charge in [0.1, 0.15) is 0 Å². The maximum atomic E-state index is 5.41. The standard InChI is InChI=1S/C10H18N2/c1-9(2)7-4-5-10(9,3)8(6-7)12-11/h7H,4-6,11H2,1-3H3/b12-8+/t7-,10+/m0/s1. The zero-order valence-corrected chi connectivity index (χ0v) is 8.22. The fraction of sp³-hybridized carbons (Fsp3) is 0.900. The van der Waals surface area contributed by atoms with Crippen molar-refractivity contribution in [3.63, 3.8) is 0 Å². The van der Waals surface area contributed by atoms with E-state index in [0.717, 1.165) is 12.3 Å². The van der Waals surface area contributed by atoms with Crippen molar-refractivity contribution in [2.45, 2.75) is 40.0 Å². The third kappa shape index (κ3) is 0.644. The molecule has 0 spiro atoms. The van der Waals surface area contributed by atoms with Crippen LogP contribution >= 0.6 is 0 Å². The minimum absolute atomic E-state index is 0.298. The lowest BCUT2D eigenvalue weighted by molar-refractivity contribution is 0.194. The lowest BCUT2D eigenvalue weighted by Crippen LogP contribution is -2.33. The van der Waals surface area contributed by atoms with Gasteiger partial charge < -0.3 is 5.84 Å². The van der Waals surface area contributed by atoms with E-state index in [2.05, 4.69) is 25.9 Å². The molecule has 2 N–H and O–H groups in total. The summed E-state index contributed by atoms with van der Waals surface area (Å²) >= 11 is 0. The van der Waals surface area contributed by atoms with Crippen LogP contribution in [0, 0.1) is 16.7 Å². The molecule has 2 fully saturated rings. The van der Waals surface area contributed by atoms with Crippen LogP contribution in [-0.2, 0) is 0 Å². The van der Waals surface area contributed by atoms with Gasteiger partial charge in [-0.3, -0.25) is 0 Å². The van der Waals surface area contributed by atoms with Crippen LogP contribution in [-0.4, -0.2) is 5.71 Å². The summed E-state index contributed by atoms with van der Waals surface area (Å²) in [6, 6.07) is 0. The van der Waals surface area contributed by atoms with Crippen LogP contribution < -0.4 is 5.84 Å². The Morgan fingerprint density at radius 3 is 2.33 bits per heavy atom. The summed E-state index contributed by atoms with van der Waals surface area (Å²) in [4.78, 5) is 0. The van der Waals surface area contributed by atoms with Crippen LogP contribution in [0.1, 0.15) is 40.0 Å². The van der Waals surface area contributed by atoms with E-state index in [0.29, 0.717) is 10.8 Å². The SMILES string of the molecule is CC1(C)[C@H]2CC[C@]1(C)/C(=N/N)C2. The Hall–Kier alpha value is -0.530. The molecule has 0 unspecified atom stereocenters. The molecule has 0 heterocycles. The number of fused-ring (bicyclic) bond motifs is 2. The number of hydrogen-bond acceptors (Lipinski definition) is 2. The first kappa shape index (κ1) is 8.09. The molecule has 2 bridgehead atoms. The monoisotopic (exact) mass is 166 g/mol. The quantitative estimate of drug-likeness (QED) is 0.434. The summed E-state index contributed by atoms with van der Waals surface area (Å²) in [5.74, 6) is 6.24. The Morgan fingerprint density at radius 2 is 2.08 bits per heavy atom. The zero-order valence-electron chi connectivity index (χ0n) is 8.22. The van der Waals surface area contributed by atoms with Gasteiger partial charge in [0.25, 0.3) is 0 Å². The number of rotatable bonds is 0. The summed E-state index contributed by atoms with van der Waals surface area (Å²) < 4.78 is 0. The molecule has 2 nitrogen and oxygen atoms in total. The molecule has 0 saturated heterocycles. The van der Waals surface area contributed by atoms with Crippen LogP contribution in [0.3, 0.4) is 0 Å². The Bertz CT molecular complexity index is 242. The molecular formula is C10H18N2. The van der Waals surface area contributed by atoms with Crippen LogP contribution in [0.2, 0.25) is 0 Å². The summed E-state index contributed by atoms with van der Waals surface area (Å²) in [6.07, 6.45) is 3.78. The highest BCUT2D eigenvalue weighted by atomic mass is 15.1. The van der Waals surface area contributed by atoms with Crippen molar-refractivity contribution in [1.82, 2.24) is 0 Å². The van der Waals surface area contributed by atoms with Crippen molar-refractivity contribution in [2.75, 3.05) is 0 Å². The number of nitrogens with two attached hydrogens (primary N) is 1. The fourth-order valence-corrected chi connectivity index (χ4v) is 3.12. The lowest BCUT2D eigenvalue weighted by Gasteiger charge is -2.34. The highest BCUT2D eigenvalue weighted by Crippen LogP contribution is 2.63. The van der Waals surface area contributed by atoms with Crippen molar-refractivity contribution in [3.8, 4) is 0 Å². The molecule has 0 amide bonds. The molecule has 0 aromatic heterocycles. The Balaban J connectivity index is 2.46. The molecule has 2 aliphatic carbocycles. The summed E-state index contributed by atoms with van der Waals surface area (Å²) in [5.41, 5.74) is 1.97. The molecule has 2 heteroatoms. The third-order valence-corrected chi connectivity index (χ3v) is 4.67. The van der Waals surface area contributed by atoms with Crippen molar-refractivity contribution >= 4 is 5.71 Å². The minimum atomic E-state index is 0.298. The number of nitrogens with zero attached hydrogens (tertiary/aromatic N) is 1. The summed E-state index contributed by atoms with van der Waals surface area (Å²) in [5, 5.41) is 3.95. The predicted molar refractivity (Wildman–Crippen MR) is 50.9 cm³/mol. The second kappa shape index (κ2) is 2.04. The average molecular weight is 166 g/mol. The number of hydrogen-bond donors (Lipinski definition) is 1. The topological polar surface area (TPSA) is 38.4 Å². The predicted octanol–water partition coefficient (Wildman–Crippen LogP) is 2.15. The van der Waals surface area contributed by atoms with E-state index in [1.807, 2.05) is 0 Å². The van der Waals surface area contributed by atoms with Crippen LogP contribution in [0.25, 0.3) is 0 Å². The highest BCUT2D eigenvalue weighted by Gasteiger charge is 2.59.